The number of amides is 2. The third-order valence-electron chi connectivity index (χ3n) is 5.32. The Morgan fingerprint density at radius 3 is 2.64 bits per heavy atom. The van der Waals surface area contributed by atoms with Gasteiger partial charge in [-0.3, -0.25) is 14.5 Å². The molecule has 0 spiro atoms. The zero-order valence-electron chi connectivity index (χ0n) is 16.7. The Kier molecular flexibility index (Phi) is 6.52. The lowest BCUT2D eigenvalue weighted by Gasteiger charge is -2.41. The molecule has 1 aliphatic heterocycles. The SMILES string of the molecule is CC(C)(CNC(=O)CCCNC(=O)c1ccco1)N1CCc2ccccc2C1. The van der Waals surface area contributed by atoms with E-state index in [0.717, 1.165) is 19.5 Å². The van der Waals surface area contributed by atoms with Crippen LogP contribution < -0.4 is 10.6 Å². The van der Waals surface area contributed by atoms with Crippen LogP contribution >= 0.6 is 0 Å². The first-order chi connectivity index (χ1) is 13.5. The number of nitrogens with zero attached hydrogens (tertiary/aromatic N) is 1. The zero-order chi connectivity index (χ0) is 20.0. The predicted octanol–water partition coefficient (Wildman–Crippen LogP) is 2.74. The average Bonchev–Trinajstić information content (AvgIpc) is 3.24. The maximum Gasteiger partial charge on any atom is 0.286 e. The minimum Gasteiger partial charge on any atom is -0.459 e. The van der Waals surface area contributed by atoms with Crippen LogP contribution in [0.3, 0.4) is 0 Å². The van der Waals surface area contributed by atoms with Crippen molar-refractivity contribution in [1.82, 2.24) is 15.5 Å². The minimum absolute atomic E-state index is 0.0118. The predicted molar refractivity (Wildman–Crippen MR) is 108 cm³/mol. The number of hydrogen-bond donors (Lipinski definition) is 2. The first-order valence-corrected chi connectivity index (χ1v) is 9.86. The Bertz CT molecular complexity index is 799. The summed E-state index contributed by atoms with van der Waals surface area (Å²) in [6, 6.07) is 11.9. The quantitative estimate of drug-likeness (QED) is 0.688. The van der Waals surface area contributed by atoms with Gasteiger partial charge in [0.1, 0.15) is 0 Å². The summed E-state index contributed by atoms with van der Waals surface area (Å²) in [5, 5.41) is 5.80. The van der Waals surface area contributed by atoms with Crippen molar-refractivity contribution < 1.29 is 14.0 Å². The van der Waals surface area contributed by atoms with E-state index in [1.54, 1.807) is 12.1 Å². The van der Waals surface area contributed by atoms with Crippen LogP contribution in [0.1, 0.15) is 48.4 Å². The molecule has 28 heavy (non-hydrogen) atoms. The molecule has 0 aliphatic carbocycles. The monoisotopic (exact) mass is 383 g/mol. The van der Waals surface area contributed by atoms with Gasteiger partial charge in [-0.05, 0) is 49.9 Å². The molecule has 6 heteroatoms. The van der Waals surface area contributed by atoms with E-state index in [-0.39, 0.29) is 23.1 Å². The highest BCUT2D eigenvalue weighted by molar-refractivity contribution is 5.91. The molecule has 0 saturated heterocycles. The van der Waals surface area contributed by atoms with Crippen LogP contribution in [0.5, 0.6) is 0 Å². The van der Waals surface area contributed by atoms with Gasteiger partial charge in [-0.15, -0.1) is 0 Å². The molecule has 2 N–H and O–H groups in total. The summed E-state index contributed by atoms with van der Waals surface area (Å²) in [6.45, 7) is 7.30. The molecule has 3 rings (SSSR count). The van der Waals surface area contributed by atoms with Crippen LogP contribution in [-0.4, -0.2) is 41.9 Å². The lowest BCUT2D eigenvalue weighted by molar-refractivity contribution is -0.121. The maximum absolute atomic E-state index is 12.2. The second kappa shape index (κ2) is 9.06. The van der Waals surface area contributed by atoms with Gasteiger partial charge >= 0.3 is 0 Å². The molecule has 0 fully saturated rings. The molecule has 0 unspecified atom stereocenters. The Morgan fingerprint density at radius 2 is 1.89 bits per heavy atom. The molecular weight excluding hydrogens is 354 g/mol. The van der Waals surface area contributed by atoms with Gasteiger partial charge in [-0.25, -0.2) is 0 Å². The first-order valence-electron chi connectivity index (χ1n) is 9.86. The average molecular weight is 383 g/mol. The van der Waals surface area contributed by atoms with Gasteiger partial charge < -0.3 is 15.1 Å². The second-order valence-corrected chi connectivity index (χ2v) is 7.87. The Balaban J connectivity index is 1.37. The van der Waals surface area contributed by atoms with Gasteiger partial charge in [0.2, 0.25) is 5.91 Å². The smallest absolute Gasteiger partial charge is 0.286 e. The molecule has 2 aromatic rings. The topological polar surface area (TPSA) is 74.6 Å². The fourth-order valence-corrected chi connectivity index (χ4v) is 3.47. The summed E-state index contributed by atoms with van der Waals surface area (Å²) in [4.78, 5) is 26.4. The molecule has 6 nitrogen and oxygen atoms in total. The number of carbonyl (C=O) groups is 2. The maximum atomic E-state index is 12.2. The lowest BCUT2D eigenvalue weighted by Crippen LogP contribution is -2.53. The first kappa shape index (κ1) is 20.1. The summed E-state index contributed by atoms with van der Waals surface area (Å²) >= 11 is 0. The van der Waals surface area contributed by atoms with E-state index >= 15 is 0 Å². The highest BCUT2D eigenvalue weighted by Crippen LogP contribution is 2.24. The van der Waals surface area contributed by atoms with E-state index in [2.05, 4.69) is 53.6 Å². The summed E-state index contributed by atoms with van der Waals surface area (Å²) in [5.41, 5.74) is 2.69. The van der Waals surface area contributed by atoms with Crippen LogP contribution in [-0.2, 0) is 17.8 Å². The van der Waals surface area contributed by atoms with Crippen LogP contribution in [0, 0.1) is 0 Å². The van der Waals surface area contributed by atoms with Crippen molar-refractivity contribution in [2.45, 2.75) is 45.2 Å². The number of carbonyl (C=O) groups excluding carboxylic acids is 2. The molecular formula is C22H29N3O3. The molecule has 1 aromatic heterocycles. The van der Waals surface area contributed by atoms with Crippen LogP contribution in [0.4, 0.5) is 0 Å². The normalized spacial score (nSPS) is 14.4. The number of nitrogens with one attached hydrogen (secondary N) is 2. The second-order valence-electron chi connectivity index (χ2n) is 7.87. The number of hydrogen-bond acceptors (Lipinski definition) is 4. The van der Waals surface area contributed by atoms with Crippen LogP contribution in [0.25, 0.3) is 0 Å². The Labute approximate surface area is 166 Å². The molecule has 2 amide bonds. The van der Waals surface area contributed by atoms with Crippen LogP contribution in [0.15, 0.2) is 47.1 Å². The summed E-state index contributed by atoms with van der Waals surface area (Å²) in [6.07, 6.45) is 3.49. The van der Waals surface area contributed by atoms with Crippen molar-refractivity contribution >= 4 is 11.8 Å². The number of rotatable bonds is 8. The Morgan fingerprint density at radius 1 is 1.11 bits per heavy atom. The third kappa shape index (κ3) is 5.23. The van der Waals surface area contributed by atoms with Crippen molar-refractivity contribution in [3.05, 3.63) is 59.5 Å². The fraction of sp³-hybridized carbons (Fsp3) is 0.455. The molecule has 0 bridgehead atoms. The highest BCUT2D eigenvalue weighted by atomic mass is 16.3. The Hall–Kier alpha value is -2.60. The molecule has 1 aliphatic rings. The van der Waals surface area contributed by atoms with E-state index in [9.17, 15) is 9.59 Å². The van der Waals surface area contributed by atoms with Crippen LogP contribution in [0.2, 0.25) is 0 Å². The van der Waals surface area contributed by atoms with Gasteiger partial charge in [-0.1, -0.05) is 24.3 Å². The van der Waals surface area contributed by atoms with E-state index in [1.807, 2.05) is 0 Å². The van der Waals surface area contributed by atoms with Crippen molar-refractivity contribution in [3.63, 3.8) is 0 Å². The van der Waals surface area contributed by atoms with E-state index in [4.69, 9.17) is 4.42 Å². The van der Waals surface area contributed by atoms with Gasteiger partial charge in [0.25, 0.3) is 5.91 Å². The molecule has 1 aromatic carbocycles. The number of benzene rings is 1. The van der Waals surface area contributed by atoms with Gasteiger partial charge in [0, 0.05) is 38.1 Å². The third-order valence-corrected chi connectivity index (χ3v) is 5.32. The zero-order valence-corrected chi connectivity index (χ0v) is 16.7. The van der Waals surface area contributed by atoms with E-state index in [0.29, 0.717) is 25.9 Å². The van der Waals surface area contributed by atoms with Crippen molar-refractivity contribution in [1.29, 1.82) is 0 Å². The van der Waals surface area contributed by atoms with Gasteiger partial charge in [0.15, 0.2) is 5.76 Å². The lowest BCUT2D eigenvalue weighted by atomic mass is 9.94. The molecule has 0 radical (unpaired) electrons. The highest BCUT2D eigenvalue weighted by Gasteiger charge is 2.29. The number of furan rings is 1. The van der Waals surface area contributed by atoms with Crippen molar-refractivity contribution in [2.24, 2.45) is 0 Å². The van der Waals surface area contributed by atoms with Crippen molar-refractivity contribution in [3.8, 4) is 0 Å². The van der Waals surface area contributed by atoms with Crippen molar-refractivity contribution in [2.75, 3.05) is 19.6 Å². The van der Waals surface area contributed by atoms with Gasteiger partial charge in [-0.2, -0.15) is 0 Å². The van der Waals surface area contributed by atoms with E-state index < -0.39 is 0 Å². The molecule has 0 atom stereocenters. The number of fused-ring (bicyclic) bond motifs is 1. The standard InChI is InChI=1S/C22H29N3O3/c1-22(2,25-13-11-17-7-3-4-8-18(17)15-25)16-24-20(26)10-5-12-23-21(27)19-9-6-14-28-19/h3-4,6-9,14H,5,10-13,15-16H2,1-2H3,(H,23,27)(H,24,26). The molecule has 150 valence electrons. The largest absolute Gasteiger partial charge is 0.459 e. The summed E-state index contributed by atoms with van der Waals surface area (Å²) < 4.78 is 5.03. The minimum atomic E-state index is -0.253. The van der Waals surface area contributed by atoms with E-state index in [1.165, 1.54) is 17.4 Å². The summed E-state index contributed by atoms with van der Waals surface area (Å²) in [5.74, 6) is 0.0453. The summed E-state index contributed by atoms with van der Waals surface area (Å²) in [7, 11) is 0. The fourth-order valence-electron chi connectivity index (χ4n) is 3.47. The van der Waals surface area contributed by atoms with Gasteiger partial charge in [0.05, 0.1) is 6.26 Å². The molecule has 0 saturated carbocycles. The molecule has 2 heterocycles.